The zero-order valence-electron chi connectivity index (χ0n) is 16.9. The summed E-state index contributed by atoms with van der Waals surface area (Å²) in [6.07, 6.45) is 4.97. The molecule has 0 saturated carbocycles. The van der Waals surface area contributed by atoms with Gasteiger partial charge in [0.25, 0.3) is 11.5 Å². The first kappa shape index (κ1) is 19.9. The molecule has 1 N–H and O–H groups in total. The van der Waals surface area contributed by atoms with E-state index >= 15 is 0 Å². The van der Waals surface area contributed by atoms with Crippen LogP contribution in [0.4, 0.5) is 0 Å². The van der Waals surface area contributed by atoms with Crippen LogP contribution < -0.4 is 5.56 Å². The average Bonchev–Trinajstić information content (AvgIpc) is 3.55. The Morgan fingerprint density at radius 3 is 2.77 bits per heavy atom. The van der Waals surface area contributed by atoms with Crippen LogP contribution in [0.3, 0.4) is 0 Å². The number of ketones is 1. The van der Waals surface area contributed by atoms with Crippen LogP contribution in [0.25, 0.3) is 20.7 Å². The molecule has 0 spiro atoms. The minimum Gasteiger partial charge on any atom is -0.356 e. The van der Waals surface area contributed by atoms with Gasteiger partial charge in [-0.15, -0.1) is 22.7 Å². The maximum Gasteiger partial charge on any atom is 0.270 e. The molecule has 158 valence electrons. The van der Waals surface area contributed by atoms with Gasteiger partial charge in [0.2, 0.25) is 0 Å². The predicted molar refractivity (Wildman–Crippen MR) is 122 cm³/mol. The van der Waals surface area contributed by atoms with Crippen molar-refractivity contribution in [3.05, 3.63) is 62.6 Å². The van der Waals surface area contributed by atoms with Crippen molar-refractivity contribution in [2.75, 3.05) is 13.1 Å². The molecule has 0 aliphatic carbocycles. The molecular formula is C22H20N4O3S2. The van der Waals surface area contributed by atoms with Crippen molar-refractivity contribution in [1.82, 2.24) is 19.4 Å². The average molecular weight is 453 g/mol. The van der Waals surface area contributed by atoms with Crippen molar-refractivity contribution in [2.24, 2.45) is 0 Å². The molecule has 0 bridgehead atoms. The number of carbonyl (C=O) groups is 2. The highest BCUT2D eigenvalue weighted by Crippen LogP contribution is 2.34. The summed E-state index contributed by atoms with van der Waals surface area (Å²) in [5, 5.41) is 2.49. The van der Waals surface area contributed by atoms with Crippen molar-refractivity contribution in [3.63, 3.8) is 0 Å². The molecular weight excluding hydrogens is 432 g/mol. The number of nitrogens with zero attached hydrogens (tertiary/aromatic N) is 3. The molecule has 1 saturated heterocycles. The Bertz CT molecular complexity index is 1350. The fourth-order valence-electron chi connectivity index (χ4n) is 3.86. The first-order valence-electron chi connectivity index (χ1n) is 10.1. The molecule has 0 unspecified atom stereocenters. The summed E-state index contributed by atoms with van der Waals surface area (Å²) >= 11 is 3.05. The summed E-state index contributed by atoms with van der Waals surface area (Å²) in [5.41, 5.74) is 1.41. The van der Waals surface area contributed by atoms with E-state index < -0.39 is 0 Å². The minimum atomic E-state index is -0.247. The van der Waals surface area contributed by atoms with Crippen LogP contribution in [0.5, 0.6) is 0 Å². The van der Waals surface area contributed by atoms with Gasteiger partial charge >= 0.3 is 0 Å². The van der Waals surface area contributed by atoms with Crippen LogP contribution in [0.1, 0.15) is 38.6 Å². The van der Waals surface area contributed by atoms with Crippen molar-refractivity contribution in [1.29, 1.82) is 0 Å². The van der Waals surface area contributed by atoms with Gasteiger partial charge in [0.1, 0.15) is 10.5 Å². The van der Waals surface area contributed by atoms with Crippen molar-refractivity contribution in [3.8, 4) is 10.4 Å². The summed E-state index contributed by atoms with van der Waals surface area (Å²) in [5.74, 6) is -0.338. The molecule has 31 heavy (non-hydrogen) atoms. The number of nitrogens with one attached hydrogen (secondary N) is 1. The Hall–Kier alpha value is -3.04. The summed E-state index contributed by atoms with van der Waals surface area (Å²) in [6, 6.07) is 5.60. The van der Waals surface area contributed by atoms with E-state index in [1.165, 1.54) is 33.3 Å². The molecule has 5 heterocycles. The number of carbonyl (C=O) groups excluding carboxylic acids is 2. The normalized spacial score (nSPS) is 13.9. The van der Waals surface area contributed by atoms with Gasteiger partial charge < -0.3 is 9.88 Å². The molecule has 0 atom stereocenters. The number of hydrogen-bond donors (Lipinski definition) is 1. The van der Waals surface area contributed by atoms with E-state index in [1.807, 2.05) is 24.4 Å². The minimum absolute atomic E-state index is 0.0917. The van der Waals surface area contributed by atoms with Gasteiger partial charge in [0.05, 0.1) is 18.3 Å². The van der Waals surface area contributed by atoms with E-state index in [0.717, 1.165) is 36.4 Å². The number of aromatic amines is 1. The molecule has 1 fully saturated rings. The van der Waals surface area contributed by atoms with E-state index in [2.05, 4.69) is 9.97 Å². The first-order valence-corrected chi connectivity index (χ1v) is 11.8. The van der Waals surface area contributed by atoms with Gasteiger partial charge in [-0.3, -0.25) is 19.0 Å². The fourth-order valence-corrected chi connectivity index (χ4v) is 5.72. The summed E-state index contributed by atoms with van der Waals surface area (Å²) < 4.78 is 1.34. The lowest BCUT2D eigenvalue weighted by atomic mass is 10.2. The number of H-pyrrole nitrogens is 1. The third-order valence-corrected chi connectivity index (χ3v) is 7.43. The Morgan fingerprint density at radius 2 is 2.03 bits per heavy atom. The number of thiophene rings is 2. The number of rotatable bonds is 5. The molecule has 7 nitrogen and oxygen atoms in total. The molecule has 5 rings (SSSR count). The van der Waals surface area contributed by atoms with E-state index in [-0.39, 0.29) is 23.8 Å². The van der Waals surface area contributed by atoms with Crippen molar-refractivity contribution < 1.29 is 9.59 Å². The molecule has 9 heteroatoms. The van der Waals surface area contributed by atoms with E-state index in [0.29, 0.717) is 21.5 Å². The molecule has 1 aliphatic rings. The highest BCUT2D eigenvalue weighted by molar-refractivity contribution is 7.19. The maximum atomic E-state index is 13.2. The van der Waals surface area contributed by atoms with Gasteiger partial charge in [0.15, 0.2) is 5.78 Å². The lowest BCUT2D eigenvalue weighted by molar-refractivity contribution is 0.0787. The monoisotopic (exact) mass is 452 g/mol. The predicted octanol–water partition coefficient (Wildman–Crippen LogP) is 3.94. The Balaban J connectivity index is 1.42. The Labute approximate surface area is 186 Å². The number of amides is 1. The highest BCUT2D eigenvalue weighted by Gasteiger charge is 2.22. The van der Waals surface area contributed by atoms with Crippen LogP contribution in [0.15, 0.2) is 40.9 Å². The smallest absolute Gasteiger partial charge is 0.270 e. The third kappa shape index (κ3) is 3.64. The standard InChI is InChI=1S/C22H20N4O3S2/c1-13-4-5-18(31-13)15-11-30-20-19(15)22(29)26(12-24-20)10-17(27)14-8-16(23-9-14)21(28)25-6-2-3-7-25/h4-5,8-9,11-12,23H,2-3,6-7,10H2,1H3. The van der Waals surface area contributed by atoms with Gasteiger partial charge in [-0.2, -0.15) is 0 Å². The number of fused-ring (bicyclic) bond motifs is 1. The number of aromatic nitrogens is 3. The second-order valence-electron chi connectivity index (χ2n) is 7.64. The summed E-state index contributed by atoms with van der Waals surface area (Å²) in [6.45, 7) is 3.39. The SMILES string of the molecule is Cc1ccc(-c2csc3ncn(CC(=O)c4c[nH]c(C(=O)N5CCCC5)c4)c(=O)c23)s1. The third-order valence-electron chi connectivity index (χ3n) is 5.51. The fraction of sp³-hybridized carbons (Fsp3) is 0.273. The highest BCUT2D eigenvalue weighted by atomic mass is 32.1. The van der Waals surface area contributed by atoms with Gasteiger partial charge in [-0.25, -0.2) is 4.98 Å². The zero-order chi connectivity index (χ0) is 21.5. The van der Waals surface area contributed by atoms with E-state index in [9.17, 15) is 14.4 Å². The number of likely N-dealkylation sites (tertiary alicyclic amines) is 1. The largest absolute Gasteiger partial charge is 0.356 e. The lowest BCUT2D eigenvalue weighted by Crippen LogP contribution is -2.27. The van der Waals surface area contributed by atoms with E-state index in [4.69, 9.17) is 0 Å². The molecule has 0 radical (unpaired) electrons. The zero-order valence-corrected chi connectivity index (χ0v) is 18.5. The molecule has 1 amide bonds. The second kappa shape index (κ2) is 7.90. The van der Waals surface area contributed by atoms with Crippen LogP contribution in [0.2, 0.25) is 0 Å². The lowest BCUT2D eigenvalue weighted by Gasteiger charge is -2.13. The van der Waals surface area contributed by atoms with Gasteiger partial charge in [-0.1, -0.05) is 0 Å². The van der Waals surface area contributed by atoms with Crippen LogP contribution >= 0.6 is 22.7 Å². The van der Waals surface area contributed by atoms with Crippen LogP contribution in [0, 0.1) is 6.92 Å². The van der Waals surface area contributed by atoms with Crippen LogP contribution in [-0.4, -0.2) is 44.2 Å². The number of Topliss-reactive ketones (excluding diaryl/α,β-unsaturated/α-hetero) is 1. The Kier molecular flexibility index (Phi) is 5.07. The second-order valence-corrected chi connectivity index (χ2v) is 9.79. The Morgan fingerprint density at radius 1 is 1.23 bits per heavy atom. The van der Waals surface area contributed by atoms with Gasteiger partial charge in [-0.05, 0) is 38.0 Å². The summed E-state index contributed by atoms with van der Waals surface area (Å²) in [7, 11) is 0. The maximum absolute atomic E-state index is 13.2. The van der Waals surface area contributed by atoms with E-state index in [1.54, 1.807) is 22.3 Å². The first-order chi connectivity index (χ1) is 15.0. The van der Waals surface area contributed by atoms with Gasteiger partial charge in [0, 0.05) is 45.5 Å². The summed E-state index contributed by atoms with van der Waals surface area (Å²) in [4.78, 5) is 50.4. The molecule has 4 aromatic rings. The quantitative estimate of drug-likeness (QED) is 0.465. The molecule has 1 aliphatic heterocycles. The molecule has 4 aromatic heterocycles. The molecule has 0 aromatic carbocycles. The number of hydrogen-bond acceptors (Lipinski definition) is 6. The van der Waals surface area contributed by atoms with Crippen molar-refractivity contribution in [2.45, 2.75) is 26.3 Å². The topological polar surface area (TPSA) is 88.1 Å². The van der Waals surface area contributed by atoms with Crippen LogP contribution in [-0.2, 0) is 6.54 Å². The van der Waals surface area contributed by atoms with Crippen molar-refractivity contribution >= 4 is 44.6 Å². The number of aryl methyl sites for hydroxylation is 1.